The van der Waals surface area contributed by atoms with Crippen LogP contribution in [0.3, 0.4) is 0 Å². The molecule has 0 aliphatic heterocycles. The van der Waals surface area contributed by atoms with E-state index in [0.717, 1.165) is 12.5 Å². The van der Waals surface area contributed by atoms with Crippen molar-refractivity contribution in [3.63, 3.8) is 0 Å². The topological polar surface area (TPSA) is 18.8 Å². The molecule has 78 valence electrons. The summed E-state index contributed by atoms with van der Waals surface area (Å²) in [7, 11) is 5.69. The van der Waals surface area contributed by atoms with Crippen LogP contribution >= 0.6 is 0 Å². The Labute approximate surface area is 84.1 Å². The predicted octanol–water partition coefficient (Wildman–Crippen LogP) is 0.882. The first-order valence-electron chi connectivity index (χ1n) is 4.91. The van der Waals surface area contributed by atoms with Crippen molar-refractivity contribution in [2.75, 3.05) is 33.9 Å². The quantitative estimate of drug-likeness (QED) is 0.383. The summed E-state index contributed by atoms with van der Waals surface area (Å²) in [6.45, 7) is 7.65. The molecular weight excluding hydrogens is 178 g/mol. The lowest BCUT2D eigenvalue weighted by atomic mass is 10.7. The van der Waals surface area contributed by atoms with E-state index in [1.807, 2.05) is 14.1 Å². The van der Waals surface area contributed by atoms with Gasteiger partial charge in [0.05, 0.1) is 8.80 Å². The van der Waals surface area contributed by atoms with Gasteiger partial charge in [0, 0.05) is 33.9 Å². The van der Waals surface area contributed by atoms with Crippen LogP contribution in [0.25, 0.3) is 0 Å². The van der Waals surface area contributed by atoms with Crippen LogP contribution < -0.4 is 0 Å². The second-order valence-electron chi connectivity index (χ2n) is 3.94. The monoisotopic (exact) mass is 201 g/mol. The van der Waals surface area contributed by atoms with Gasteiger partial charge >= 0.3 is 0 Å². The fraction of sp³-hybridized carbons (Fsp3) is 0.889. The van der Waals surface area contributed by atoms with Crippen LogP contribution in [0.5, 0.6) is 0 Å². The molecule has 0 saturated carbocycles. The molecule has 0 heterocycles. The molecule has 0 aromatic heterocycles. The summed E-state index contributed by atoms with van der Waals surface area (Å²) >= 11 is 0. The molecule has 0 spiro atoms. The summed E-state index contributed by atoms with van der Waals surface area (Å²) in [5.74, 6) is 1.10. The Morgan fingerprint density at radius 2 is 1.77 bits per heavy atom. The molecule has 0 rings (SSSR count). The number of rotatable bonds is 3. The molecule has 0 bridgehead atoms. The molecular formula is C9H23N3Si. The SMILES string of the molecule is CCN=C(N(C)C)N(C)C[SiH](C)C. The van der Waals surface area contributed by atoms with E-state index in [1.165, 1.54) is 6.17 Å². The Bertz CT molecular complexity index is 166. The molecule has 0 N–H and O–H groups in total. The minimum atomic E-state index is -0.532. The lowest BCUT2D eigenvalue weighted by molar-refractivity contribution is 0.464. The van der Waals surface area contributed by atoms with Crippen LogP contribution in [0.15, 0.2) is 4.99 Å². The van der Waals surface area contributed by atoms with Crippen molar-refractivity contribution < 1.29 is 0 Å². The summed E-state index contributed by atoms with van der Waals surface area (Å²) in [6.07, 6.45) is 1.19. The van der Waals surface area contributed by atoms with Crippen LogP contribution in [0.2, 0.25) is 13.1 Å². The summed E-state index contributed by atoms with van der Waals surface area (Å²) in [6, 6.07) is 0. The number of hydrogen-bond donors (Lipinski definition) is 0. The van der Waals surface area contributed by atoms with Gasteiger partial charge in [-0.25, -0.2) is 0 Å². The van der Waals surface area contributed by atoms with Gasteiger partial charge in [0.2, 0.25) is 0 Å². The Morgan fingerprint density at radius 1 is 1.23 bits per heavy atom. The molecule has 0 aliphatic rings. The van der Waals surface area contributed by atoms with Crippen molar-refractivity contribution in [1.29, 1.82) is 0 Å². The van der Waals surface area contributed by atoms with E-state index < -0.39 is 8.80 Å². The Morgan fingerprint density at radius 3 is 2.08 bits per heavy atom. The fourth-order valence-corrected chi connectivity index (χ4v) is 2.63. The molecule has 0 amide bonds. The summed E-state index contributed by atoms with van der Waals surface area (Å²) < 4.78 is 0. The zero-order valence-corrected chi connectivity index (χ0v) is 11.0. The first kappa shape index (κ1) is 12.5. The van der Waals surface area contributed by atoms with E-state index >= 15 is 0 Å². The largest absolute Gasteiger partial charge is 0.349 e. The molecule has 0 aromatic rings. The molecule has 3 nitrogen and oxygen atoms in total. The lowest BCUT2D eigenvalue weighted by Crippen LogP contribution is -2.42. The molecule has 0 aliphatic carbocycles. The van der Waals surface area contributed by atoms with Crippen molar-refractivity contribution in [2.24, 2.45) is 4.99 Å². The fourth-order valence-electron chi connectivity index (χ4n) is 1.37. The van der Waals surface area contributed by atoms with E-state index in [1.54, 1.807) is 0 Å². The van der Waals surface area contributed by atoms with Crippen LogP contribution in [-0.2, 0) is 0 Å². The van der Waals surface area contributed by atoms with Crippen LogP contribution in [-0.4, -0.2) is 58.4 Å². The summed E-state index contributed by atoms with van der Waals surface area (Å²) in [5.41, 5.74) is 0. The third-order valence-electron chi connectivity index (χ3n) is 1.68. The zero-order valence-electron chi connectivity index (χ0n) is 9.83. The first-order chi connectivity index (χ1) is 5.99. The number of aliphatic imine (C=N–C) groups is 1. The van der Waals surface area contributed by atoms with Gasteiger partial charge in [-0.1, -0.05) is 13.1 Å². The maximum absolute atomic E-state index is 4.47. The van der Waals surface area contributed by atoms with Crippen LogP contribution in [0.4, 0.5) is 0 Å². The molecule has 0 atom stereocenters. The van der Waals surface area contributed by atoms with Crippen molar-refractivity contribution in [3.8, 4) is 0 Å². The summed E-state index contributed by atoms with van der Waals surface area (Å²) in [4.78, 5) is 8.82. The van der Waals surface area contributed by atoms with Crippen molar-refractivity contribution >= 4 is 14.8 Å². The van der Waals surface area contributed by atoms with Crippen LogP contribution in [0, 0.1) is 0 Å². The molecule has 0 saturated heterocycles. The third-order valence-corrected chi connectivity index (χ3v) is 2.96. The van der Waals surface area contributed by atoms with E-state index in [2.05, 4.69) is 41.9 Å². The van der Waals surface area contributed by atoms with Gasteiger partial charge in [0.15, 0.2) is 5.96 Å². The smallest absolute Gasteiger partial charge is 0.195 e. The van der Waals surface area contributed by atoms with Gasteiger partial charge in [-0.2, -0.15) is 0 Å². The van der Waals surface area contributed by atoms with Crippen molar-refractivity contribution in [3.05, 3.63) is 0 Å². The highest BCUT2D eigenvalue weighted by molar-refractivity contribution is 6.56. The summed E-state index contributed by atoms with van der Waals surface area (Å²) in [5, 5.41) is 0. The molecule has 0 fully saturated rings. The normalized spacial score (nSPS) is 12.1. The highest BCUT2D eigenvalue weighted by Gasteiger charge is 2.09. The zero-order chi connectivity index (χ0) is 10.4. The molecule has 0 radical (unpaired) electrons. The number of nitrogens with zero attached hydrogens (tertiary/aromatic N) is 3. The van der Waals surface area contributed by atoms with Gasteiger partial charge in [0.1, 0.15) is 0 Å². The van der Waals surface area contributed by atoms with E-state index in [9.17, 15) is 0 Å². The van der Waals surface area contributed by atoms with E-state index in [-0.39, 0.29) is 0 Å². The van der Waals surface area contributed by atoms with Gasteiger partial charge < -0.3 is 9.80 Å². The molecule has 0 aromatic carbocycles. The second kappa shape index (κ2) is 6.02. The average Bonchev–Trinajstić information content (AvgIpc) is 1.97. The van der Waals surface area contributed by atoms with Gasteiger partial charge in [-0.15, -0.1) is 0 Å². The number of hydrogen-bond acceptors (Lipinski definition) is 1. The Kier molecular flexibility index (Phi) is 5.78. The van der Waals surface area contributed by atoms with Gasteiger partial charge in [-0.05, 0) is 6.92 Å². The van der Waals surface area contributed by atoms with E-state index in [4.69, 9.17) is 0 Å². The standard InChI is InChI=1S/C9H23N3Si/c1-7-10-9(11(2)3)12(4)8-13(5)6/h13H,7-8H2,1-6H3. The van der Waals surface area contributed by atoms with Crippen molar-refractivity contribution in [1.82, 2.24) is 9.80 Å². The Balaban J connectivity index is 4.29. The minimum Gasteiger partial charge on any atom is -0.349 e. The molecule has 4 heteroatoms. The minimum absolute atomic E-state index is 0.532. The van der Waals surface area contributed by atoms with E-state index in [0.29, 0.717) is 0 Å². The maximum Gasteiger partial charge on any atom is 0.195 e. The first-order valence-corrected chi connectivity index (χ1v) is 8.04. The van der Waals surface area contributed by atoms with Gasteiger partial charge in [-0.3, -0.25) is 4.99 Å². The molecule has 13 heavy (non-hydrogen) atoms. The average molecular weight is 201 g/mol. The lowest BCUT2D eigenvalue weighted by Gasteiger charge is -2.27. The second-order valence-corrected chi connectivity index (χ2v) is 7.10. The number of guanidine groups is 1. The highest BCUT2D eigenvalue weighted by Crippen LogP contribution is 1.94. The molecule has 0 unspecified atom stereocenters. The van der Waals surface area contributed by atoms with Gasteiger partial charge in [0.25, 0.3) is 0 Å². The maximum atomic E-state index is 4.47. The predicted molar refractivity (Wildman–Crippen MR) is 63.2 cm³/mol. The third kappa shape index (κ3) is 4.93. The van der Waals surface area contributed by atoms with Crippen molar-refractivity contribution in [2.45, 2.75) is 20.0 Å². The highest BCUT2D eigenvalue weighted by atomic mass is 28.3. The van der Waals surface area contributed by atoms with Crippen LogP contribution in [0.1, 0.15) is 6.92 Å². The Hall–Kier alpha value is -0.513.